The lowest BCUT2D eigenvalue weighted by molar-refractivity contribution is -0.141. The summed E-state index contributed by atoms with van der Waals surface area (Å²) in [6, 6.07) is 6.81. The topological polar surface area (TPSA) is 75.4 Å². The number of carboxylic acid groups (broad SMARTS) is 1. The molecule has 1 N–H and O–H groups in total. The van der Waals surface area contributed by atoms with Gasteiger partial charge in [-0.3, -0.25) is 4.79 Å². The van der Waals surface area contributed by atoms with Crippen LogP contribution in [0.15, 0.2) is 41.1 Å². The quantitative estimate of drug-likeness (QED) is 0.907. The predicted molar refractivity (Wildman–Crippen MR) is 83.0 cm³/mol. The molecule has 3 rings (SSSR count). The Morgan fingerprint density at radius 3 is 2.91 bits per heavy atom. The predicted octanol–water partition coefficient (Wildman–Crippen LogP) is 2.32. The first-order valence-corrected chi connectivity index (χ1v) is 7.70. The molecule has 2 heterocycles. The largest absolute Gasteiger partial charge is 0.480 e. The van der Waals surface area contributed by atoms with Gasteiger partial charge in [-0.05, 0) is 31.0 Å². The van der Waals surface area contributed by atoms with E-state index in [4.69, 9.17) is 0 Å². The first kappa shape index (κ1) is 14.8. The van der Waals surface area contributed by atoms with E-state index in [-0.39, 0.29) is 5.91 Å². The minimum absolute atomic E-state index is 0.286. The molecule has 1 aromatic heterocycles. The second-order valence-electron chi connectivity index (χ2n) is 5.15. The van der Waals surface area contributed by atoms with Crippen LogP contribution in [0.4, 0.5) is 0 Å². The molecule has 1 atom stereocenters. The van der Waals surface area contributed by atoms with Crippen LogP contribution in [-0.2, 0) is 4.79 Å². The molecule has 1 fully saturated rings. The van der Waals surface area contributed by atoms with E-state index >= 15 is 0 Å². The van der Waals surface area contributed by atoms with E-state index < -0.39 is 12.0 Å². The van der Waals surface area contributed by atoms with Crippen molar-refractivity contribution in [3.05, 3.63) is 46.7 Å². The zero-order valence-corrected chi connectivity index (χ0v) is 13.2. The molecular weight excluding hydrogens is 350 g/mol. The summed E-state index contributed by atoms with van der Waals surface area (Å²) < 4.78 is 2.52. The van der Waals surface area contributed by atoms with Crippen molar-refractivity contribution in [3.63, 3.8) is 0 Å². The summed E-state index contributed by atoms with van der Waals surface area (Å²) >= 11 is 3.39. The van der Waals surface area contributed by atoms with Crippen molar-refractivity contribution in [1.82, 2.24) is 14.7 Å². The summed E-state index contributed by atoms with van der Waals surface area (Å²) in [5.41, 5.74) is 1.22. The van der Waals surface area contributed by atoms with Crippen LogP contribution in [0, 0.1) is 0 Å². The van der Waals surface area contributed by atoms with Crippen LogP contribution < -0.4 is 0 Å². The number of nitrogens with zero attached hydrogens (tertiary/aromatic N) is 3. The van der Waals surface area contributed by atoms with Crippen molar-refractivity contribution >= 4 is 27.8 Å². The molecule has 1 aliphatic heterocycles. The molecule has 114 valence electrons. The van der Waals surface area contributed by atoms with Gasteiger partial charge in [0.2, 0.25) is 0 Å². The second-order valence-corrected chi connectivity index (χ2v) is 6.06. The van der Waals surface area contributed by atoms with Gasteiger partial charge in [0.15, 0.2) is 0 Å². The third-order valence-corrected chi connectivity index (χ3v) is 4.19. The van der Waals surface area contributed by atoms with Crippen LogP contribution in [0.25, 0.3) is 5.69 Å². The van der Waals surface area contributed by atoms with Gasteiger partial charge in [-0.1, -0.05) is 22.0 Å². The van der Waals surface area contributed by atoms with E-state index in [1.807, 2.05) is 24.3 Å². The Kier molecular flexibility index (Phi) is 3.98. The second kappa shape index (κ2) is 5.92. The van der Waals surface area contributed by atoms with Crippen LogP contribution in [0.3, 0.4) is 0 Å². The average molecular weight is 364 g/mol. The standard InChI is InChI=1S/C15H14BrN3O3/c16-11-3-1-4-12(7-11)19-9-10(8-17-19)14(20)18-6-2-5-13(18)15(21)22/h1,3-4,7-9,13H,2,5-6H2,(H,21,22)/t13-/m1/s1. The lowest BCUT2D eigenvalue weighted by Crippen LogP contribution is -2.40. The Hall–Kier alpha value is -2.15. The highest BCUT2D eigenvalue weighted by atomic mass is 79.9. The fourth-order valence-electron chi connectivity index (χ4n) is 2.63. The highest BCUT2D eigenvalue weighted by molar-refractivity contribution is 9.10. The molecule has 1 aliphatic rings. The Balaban J connectivity index is 1.84. The molecular formula is C15H14BrN3O3. The zero-order chi connectivity index (χ0) is 15.7. The first-order valence-electron chi connectivity index (χ1n) is 6.90. The molecule has 22 heavy (non-hydrogen) atoms. The highest BCUT2D eigenvalue weighted by Gasteiger charge is 2.34. The first-order chi connectivity index (χ1) is 10.6. The number of rotatable bonds is 3. The molecule has 7 heteroatoms. The van der Waals surface area contributed by atoms with E-state index in [0.29, 0.717) is 24.9 Å². The molecule has 0 spiro atoms. The summed E-state index contributed by atoms with van der Waals surface area (Å²) in [6.45, 7) is 0.470. The van der Waals surface area contributed by atoms with E-state index in [0.717, 1.165) is 10.2 Å². The minimum Gasteiger partial charge on any atom is -0.480 e. The summed E-state index contributed by atoms with van der Waals surface area (Å²) in [5, 5.41) is 13.4. The third kappa shape index (κ3) is 2.76. The number of hydrogen-bond donors (Lipinski definition) is 1. The van der Waals surface area contributed by atoms with Gasteiger partial charge < -0.3 is 10.0 Å². The average Bonchev–Trinajstić information content (AvgIpc) is 3.16. The van der Waals surface area contributed by atoms with Gasteiger partial charge in [0.05, 0.1) is 17.4 Å². The van der Waals surface area contributed by atoms with Gasteiger partial charge in [-0.25, -0.2) is 9.48 Å². The Morgan fingerprint density at radius 2 is 2.18 bits per heavy atom. The van der Waals surface area contributed by atoms with Crippen LogP contribution >= 0.6 is 15.9 Å². The lowest BCUT2D eigenvalue weighted by Gasteiger charge is -2.20. The summed E-state index contributed by atoms with van der Waals surface area (Å²) in [4.78, 5) is 25.1. The van der Waals surface area contributed by atoms with Crippen molar-refractivity contribution in [2.75, 3.05) is 6.54 Å². The Labute approximate surface area is 135 Å². The van der Waals surface area contributed by atoms with Gasteiger partial charge in [-0.2, -0.15) is 5.10 Å². The fraction of sp³-hybridized carbons (Fsp3) is 0.267. The smallest absolute Gasteiger partial charge is 0.326 e. The number of benzene rings is 1. The zero-order valence-electron chi connectivity index (χ0n) is 11.6. The van der Waals surface area contributed by atoms with E-state index in [1.54, 1.807) is 10.9 Å². The number of aromatic nitrogens is 2. The fourth-order valence-corrected chi connectivity index (χ4v) is 3.01. The monoisotopic (exact) mass is 363 g/mol. The number of carbonyl (C=O) groups excluding carboxylic acids is 1. The van der Waals surface area contributed by atoms with Crippen molar-refractivity contribution in [2.45, 2.75) is 18.9 Å². The van der Waals surface area contributed by atoms with Gasteiger partial charge in [0.25, 0.3) is 5.91 Å². The maximum Gasteiger partial charge on any atom is 0.326 e. The molecule has 0 saturated carbocycles. The van der Waals surface area contributed by atoms with E-state index in [9.17, 15) is 14.7 Å². The summed E-state index contributed by atoms with van der Waals surface area (Å²) in [5.74, 6) is -1.24. The van der Waals surface area contributed by atoms with Crippen LogP contribution in [-0.4, -0.2) is 44.3 Å². The number of carbonyl (C=O) groups is 2. The number of carboxylic acids is 1. The van der Waals surface area contributed by atoms with Crippen molar-refractivity contribution < 1.29 is 14.7 Å². The lowest BCUT2D eigenvalue weighted by atomic mass is 10.2. The molecule has 0 radical (unpaired) electrons. The molecule has 0 unspecified atom stereocenters. The molecule has 6 nitrogen and oxygen atoms in total. The molecule has 0 bridgehead atoms. The maximum absolute atomic E-state index is 12.5. The van der Waals surface area contributed by atoms with Crippen LogP contribution in [0.2, 0.25) is 0 Å². The third-order valence-electron chi connectivity index (χ3n) is 3.70. The van der Waals surface area contributed by atoms with Crippen LogP contribution in [0.5, 0.6) is 0 Å². The SMILES string of the molecule is O=C(O)[C@H]1CCCN1C(=O)c1cnn(-c2cccc(Br)c2)c1. The van der Waals surface area contributed by atoms with Gasteiger partial charge in [0.1, 0.15) is 6.04 Å². The van der Waals surface area contributed by atoms with E-state index in [2.05, 4.69) is 21.0 Å². The number of hydrogen-bond acceptors (Lipinski definition) is 3. The van der Waals surface area contributed by atoms with Crippen molar-refractivity contribution in [2.24, 2.45) is 0 Å². The number of likely N-dealkylation sites (tertiary alicyclic amines) is 1. The Morgan fingerprint density at radius 1 is 1.36 bits per heavy atom. The van der Waals surface area contributed by atoms with Gasteiger partial charge in [0, 0.05) is 17.2 Å². The summed E-state index contributed by atoms with van der Waals surface area (Å²) in [7, 11) is 0. The highest BCUT2D eigenvalue weighted by Crippen LogP contribution is 2.21. The molecule has 1 amide bonds. The van der Waals surface area contributed by atoms with Crippen molar-refractivity contribution in [1.29, 1.82) is 0 Å². The van der Waals surface area contributed by atoms with Gasteiger partial charge in [-0.15, -0.1) is 0 Å². The number of amides is 1. The van der Waals surface area contributed by atoms with Crippen LogP contribution in [0.1, 0.15) is 23.2 Å². The normalized spacial score (nSPS) is 17.7. The Bertz CT molecular complexity index is 728. The number of aliphatic carboxylic acids is 1. The molecule has 1 saturated heterocycles. The van der Waals surface area contributed by atoms with E-state index in [1.165, 1.54) is 11.1 Å². The van der Waals surface area contributed by atoms with Crippen molar-refractivity contribution in [3.8, 4) is 5.69 Å². The maximum atomic E-state index is 12.5. The minimum atomic E-state index is -0.953. The summed E-state index contributed by atoms with van der Waals surface area (Å²) in [6.07, 6.45) is 4.31. The molecule has 0 aliphatic carbocycles. The van der Waals surface area contributed by atoms with Gasteiger partial charge >= 0.3 is 5.97 Å². The molecule has 1 aromatic carbocycles. The number of halogens is 1. The molecule has 2 aromatic rings.